The summed E-state index contributed by atoms with van der Waals surface area (Å²) in [4.78, 5) is 12.6. The molecular weight excluding hydrogens is 276 g/mol. The van der Waals surface area contributed by atoms with Crippen LogP contribution in [0.3, 0.4) is 0 Å². The Labute approximate surface area is 126 Å². The fourth-order valence-corrected chi connectivity index (χ4v) is 2.52. The molecule has 1 rings (SSSR count). The minimum absolute atomic E-state index is 0.0573. The second kappa shape index (κ2) is 8.54. The van der Waals surface area contributed by atoms with Crippen LogP contribution >= 0.6 is 12.2 Å². The van der Waals surface area contributed by atoms with Crippen molar-refractivity contribution < 1.29 is 14.3 Å². The average molecular weight is 302 g/mol. The van der Waals surface area contributed by atoms with Crippen molar-refractivity contribution in [2.24, 2.45) is 11.1 Å². The van der Waals surface area contributed by atoms with Gasteiger partial charge in [-0.05, 0) is 39.5 Å². The maximum Gasteiger partial charge on any atom is 0.233 e. The number of hydrogen-bond donors (Lipinski definition) is 2. The van der Waals surface area contributed by atoms with Crippen molar-refractivity contribution in [3.8, 4) is 0 Å². The molecule has 1 saturated heterocycles. The van der Waals surface area contributed by atoms with E-state index in [1.165, 1.54) is 0 Å². The largest absolute Gasteiger partial charge is 0.392 e. The lowest BCUT2D eigenvalue weighted by Crippen LogP contribution is -2.52. The van der Waals surface area contributed by atoms with Gasteiger partial charge in [0.2, 0.25) is 5.91 Å². The van der Waals surface area contributed by atoms with Gasteiger partial charge in [-0.25, -0.2) is 0 Å². The zero-order valence-corrected chi connectivity index (χ0v) is 13.3. The highest BCUT2D eigenvalue weighted by atomic mass is 32.1. The van der Waals surface area contributed by atoms with E-state index >= 15 is 0 Å². The molecule has 0 aliphatic carbocycles. The van der Waals surface area contributed by atoms with Crippen molar-refractivity contribution in [2.45, 2.75) is 45.6 Å². The first-order chi connectivity index (χ1) is 9.49. The molecule has 0 aromatic heterocycles. The van der Waals surface area contributed by atoms with Crippen molar-refractivity contribution >= 4 is 23.1 Å². The maximum absolute atomic E-state index is 12.3. The summed E-state index contributed by atoms with van der Waals surface area (Å²) in [6, 6.07) is 0. The molecule has 1 amide bonds. The molecule has 3 N–H and O–H groups in total. The van der Waals surface area contributed by atoms with Crippen LogP contribution < -0.4 is 11.1 Å². The van der Waals surface area contributed by atoms with E-state index in [9.17, 15) is 4.79 Å². The number of unbranched alkanes of at least 4 members (excludes halogenated alkanes) is 1. The predicted molar refractivity (Wildman–Crippen MR) is 82.6 cm³/mol. The molecule has 1 fully saturated rings. The Morgan fingerprint density at radius 1 is 1.40 bits per heavy atom. The molecule has 0 unspecified atom stereocenters. The van der Waals surface area contributed by atoms with Crippen LogP contribution in [0.5, 0.6) is 0 Å². The van der Waals surface area contributed by atoms with Gasteiger partial charge in [-0.3, -0.25) is 4.79 Å². The van der Waals surface area contributed by atoms with Crippen molar-refractivity contribution in [3.63, 3.8) is 0 Å². The van der Waals surface area contributed by atoms with Gasteiger partial charge in [0.1, 0.15) is 5.41 Å². The van der Waals surface area contributed by atoms with Crippen molar-refractivity contribution in [3.05, 3.63) is 0 Å². The van der Waals surface area contributed by atoms with Crippen LogP contribution in [0.4, 0.5) is 0 Å². The number of carbonyl (C=O) groups is 1. The van der Waals surface area contributed by atoms with Crippen LogP contribution in [-0.4, -0.2) is 43.4 Å². The number of nitrogens with two attached hydrogens (primary N) is 1. The fourth-order valence-electron chi connectivity index (χ4n) is 2.22. The molecule has 6 heteroatoms. The van der Waals surface area contributed by atoms with Gasteiger partial charge in [-0.1, -0.05) is 12.2 Å². The first kappa shape index (κ1) is 17.3. The Morgan fingerprint density at radius 2 is 2.05 bits per heavy atom. The van der Waals surface area contributed by atoms with Crippen LogP contribution in [0.2, 0.25) is 0 Å². The monoisotopic (exact) mass is 302 g/mol. The van der Waals surface area contributed by atoms with E-state index in [1.807, 2.05) is 13.8 Å². The standard InChI is InChI=1S/C14H26N2O3S/c1-11(2)19-8-4-3-7-16-13(17)14(12(15)20)5-9-18-10-6-14/h11H,3-10H2,1-2H3,(H2,15,20)(H,16,17). The van der Waals surface area contributed by atoms with E-state index in [0.29, 0.717) is 32.6 Å². The molecule has 5 nitrogen and oxygen atoms in total. The SMILES string of the molecule is CC(C)OCCCCNC(=O)C1(C(N)=S)CCOCC1. The number of ether oxygens (including phenoxy) is 2. The van der Waals surface area contributed by atoms with E-state index in [4.69, 9.17) is 27.4 Å². The lowest BCUT2D eigenvalue weighted by atomic mass is 9.79. The van der Waals surface area contributed by atoms with Crippen molar-refractivity contribution in [2.75, 3.05) is 26.4 Å². The van der Waals surface area contributed by atoms with E-state index < -0.39 is 5.41 Å². The van der Waals surface area contributed by atoms with Gasteiger partial charge in [0.25, 0.3) is 0 Å². The first-order valence-electron chi connectivity index (χ1n) is 7.26. The molecule has 0 aromatic rings. The lowest BCUT2D eigenvalue weighted by Gasteiger charge is -2.34. The summed E-state index contributed by atoms with van der Waals surface area (Å²) in [5.41, 5.74) is 5.06. The smallest absolute Gasteiger partial charge is 0.233 e. The lowest BCUT2D eigenvalue weighted by molar-refractivity contribution is -0.131. The molecule has 1 aliphatic heterocycles. The number of rotatable bonds is 8. The minimum Gasteiger partial charge on any atom is -0.392 e. The zero-order valence-electron chi connectivity index (χ0n) is 12.4. The highest BCUT2D eigenvalue weighted by molar-refractivity contribution is 7.80. The topological polar surface area (TPSA) is 73.6 Å². The normalized spacial score (nSPS) is 17.9. The van der Waals surface area contributed by atoms with E-state index in [-0.39, 0.29) is 17.0 Å². The second-order valence-electron chi connectivity index (χ2n) is 5.44. The molecule has 0 radical (unpaired) electrons. The van der Waals surface area contributed by atoms with Gasteiger partial charge in [0, 0.05) is 26.4 Å². The van der Waals surface area contributed by atoms with E-state index in [1.54, 1.807) is 0 Å². The molecule has 1 heterocycles. The molecule has 0 spiro atoms. The molecule has 0 aromatic carbocycles. The number of nitrogens with one attached hydrogen (secondary N) is 1. The molecule has 0 saturated carbocycles. The highest BCUT2D eigenvalue weighted by Crippen LogP contribution is 2.31. The van der Waals surface area contributed by atoms with Gasteiger partial charge in [-0.15, -0.1) is 0 Å². The third kappa shape index (κ3) is 5.00. The maximum atomic E-state index is 12.3. The minimum atomic E-state index is -0.720. The summed E-state index contributed by atoms with van der Waals surface area (Å²) >= 11 is 5.09. The van der Waals surface area contributed by atoms with Crippen LogP contribution in [0.1, 0.15) is 39.5 Å². The Morgan fingerprint density at radius 3 is 2.60 bits per heavy atom. The van der Waals surface area contributed by atoms with Gasteiger partial charge < -0.3 is 20.5 Å². The van der Waals surface area contributed by atoms with Crippen LogP contribution in [0.15, 0.2) is 0 Å². The van der Waals surface area contributed by atoms with E-state index in [2.05, 4.69) is 5.32 Å². The summed E-state index contributed by atoms with van der Waals surface area (Å²) in [6.45, 7) is 6.45. The van der Waals surface area contributed by atoms with Crippen LogP contribution in [0.25, 0.3) is 0 Å². The Bertz CT molecular complexity index is 328. The summed E-state index contributed by atoms with van der Waals surface area (Å²) in [6.07, 6.45) is 3.23. The van der Waals surface area contributed by atoms with Gasteiger partial charge in [0.05, 0.1) is 11.1 Å². The Kier molecular flexibility index (Phi) is 7.40. The predicted octanol–water partition coefficient (Wildman–Crippen LogP) is 1.39. The summed E-state index contributed by atoms with van der Waals surface area (Å²) in [7, 11) is 0. The second-order valence-corrected chi connectivity index (χ2v) is 5.88. The van der Waals surface area contributed by atoms with E-state index in [0.717, 1.165) is 19.4 Å². The first-order valence-corrected chi connectivity index (χ1v) is 7.67. The summed E-state index contributed by atoms with van der Waals surface area (Å²) < 4.78 is 10.7. The fraction of sp³-hybridized carbons (Fsp3) is 0.857. The van der Waals surface area contributed by atoms with Crippen LogP contribution in [0, 0.1) is 5.41 Å². The molecule has 20 heavy (non-hydrogen) atoms. The molecule has 1 aliphatic rings. The van der Waals surface area contributed by atoms with Gasteiger partial charge in [0.15, 0.2) is 0 Å². The number of carbonyl (C=O) groups excluding carboxylic acids is 1. The zero-order chi connectivity index (χ0) is 15.0. The number of amides is 1. The van der Waals surface area contributed by atoms with Crippen LogP contribution in [-0.2, 0) is 14.3 Å². The quantitative estimate of drug-likeness (QED) is 0.523. The third-order valence-electron chi connectivity index (χ3n) is 3.56. The van der Waals surface area contributed by atoms with Gasteiger partial charge >= 0.3 is 0 Å². The van der Waals surface area contributed by atoms with Crippen molar-refractivity contribution in [1.82, 2.24) is 5.32 Å². The third-order valence-corrected chi connectivity index (χ3v) is 3.95. The number of thiocarbonyl (C=S) groups is 1. The molecular formula is C14H26N2O3S. The molecule has 0 atom stereocenters. The summed E-state index contributed by atoms with van der Waals surface area (Å²) in [5.74, 6) is -0.0573. The molecule has 0 bridgehead atoms. The molecule has 116 valence electrons. The number of hydrogen-bond acceptors (Lipinski definition) is 4. The highest BCUT2D eigenvalue weighted by Gasteiger charge is 2.42. The van der Waals surface area contributed by atoms with Crippen molar-refractivity contribution in [1.29, 1.82) is 0 Å². The average Bonchev–Trinajstić information content (AvgIpc) is 2.42. The Balaban J connectivity index is 2.31. The summed E-state index contributed by atoms with van der Waals surface area (Å²) in [5, 5.41) is 2.95. The Hall–Kier alpha value is -0.720. The van der Waals surface area contributed by atoms with Gasteiger partial charge in [-0.2, -0.15) is 0 Å².